The average Bonchev–Trinajstić information content (AvgIpc) is 2.77. The van der Waals surface area contributed by atoms with E-state index in [4.69, 9.17) is 5.11 Å². The second-order valence-electron chi connectivity index (χ2n) is 4.36. The number of likely N-dealkylation sites (tertiary alicyclic amines) is 1. The normalized spacial score (nSPS) is 20.4. The molecule has 92 valence electrons. The van der Waals surface area contributed by atoms with Crippen molar-refractivity contribution in [3.8, 4) is 0 Å². The Morgan fingerprint density at radius 2 is 2.18 bits per heavy atom. The maximum Gasteiger partial charge on any atom is 0.238 e. The van der Waals surface area contributed by atoms with Crippen molar-refractivity contribution in [2.45, 2.75) is 18.9 Å². The predicted molar refractivity (Wildman–Crippen MR) is 66.8 cm³/mol. The monoisotopic (exact) mass is 234 g/mol. The number of carbonyl (C=O) groups excluding carboxylic acids is 1. The number of nitrogens with zero attached hydrogens (tertiary/aromatic N) is 1. The van der Waals surface area contributed by atoms with Crippen LogP contribution in [0.4, 0.5) is 5.69 Å². The Morgan fingerprint density at radius 1 is 1.41 bits per heavy atom. The standard InChI is InChI=1S/C13H18N2O2/c16-10-12-7-4-8-15(12)9-13(17)14-11-5-2-1-3-6-11/h1-3,5-6,12,16H,4,7-10H2,(H,14,17)/t12-/m1/s1. The summed E-state index contributed by atoms with van der Waals surface area (Å²) >= 11 is 0. The maximum atomic E-state index is 11.8. The zero-order valence-electron chi connectivity index (χ0n) is 9.80. The first-order chi connectivity index (χ1) is 8.29. The number of carbonyl (C=O) groups is 1. The van der Waals surface area contributed by atoms with Crippen LogP contribution in [0, 0.1) is 0 Å². The van der Waals surface area contributed by atoms with Crippen LogP contribution in [-0.4, -0.2) is 41.7 Å². The molecular weight excluding hydrogens is 216 g/mol. The number of anilines is 1. The van der Waals surface area contributed by atoms with Crippen LogP contribution >= 0.6 is 0 Å². The van der Waals surface area contributed by atoms with Gasteiger partial charge in [-0.1, -0.05) is 18.2 Å². The fraction of sp³-hybridized carbons (Fsp3) is 0.462. The molecule has 1 saturated heterocycles. The van der Waals surface area contributed by atoms with Crippen molar-refractivity contribution in [1.82, 2.24) is 4.90 Å². The van der Waals surface area contributed by atoms with E-state index in [1.807, 2.05) is 35.2 Å². The number of hydrogen-bond donors (Lipinski definition) is 2. The SMILES string of the molecule is O=C(CN1CCC[C@@H]1CO)Nc1ccccc1. The Balaban J connectivity index is 1.85. The van der Waals surface area contributed by atoms with Crippen molar-refractivity contribution < 1.29 is 9.90 Å². The highest BCUT2D eigenvalue weighted by molar-refractivity contribution is 5.92. The summed E-state index contributed by atoms with van der Waals surface area (Å²) in [7, 11) is 0. The van der Waals surface area contributed by atoms with Gasteiger partial charge < -0.3 is 10.4 Å². The first-order valence-electron chi connectivity index (χ1n) is 5.99. The number of para-hydroxylation sites is 1. The van der Waals surface area contributed by atoms with Crippen molar-refractivity contribution in [2.24, 2.45) is 0 Å². The molecule has 2 rings (SSSR count). The Hall–Kier alpha value is -1.39. The molecule has 4 nitrogen and oxygen atoms in total. The summed E-state index contributed by atoms with van der Waals surface area (Å²) in [6, 6.07) is 9.58. The predicted octanol–water partition coefficient (Wildman–Crippen LogP) is 1.08. The van der Waals surface area contributed by atoms with Gasteiger partial charge in [0.2, 0.25) is 5.91 Å². The Labute approximate surface area is 101 Å². The molecule has 4 heteroatoms. The van der Waals surface area contributed by atoms with E-state index < -0.39 is 0 Å². The van der Waals surface area contributed by atoms with Gasteiger partial charge >= 0.3 is 0 Å². The lowest BCUT2D eigenvalue weighted by atomic mass is 10.2. The Kier molecular flexibility index (Phi) is 4.12. The van der Waals surface area contributed by atoms with Gasteiger partial charge in [-0.25, -0.2) is 0 Å². The summed E-state index contributed by atoms with van der Waals surface area (Å²) in [6.07, 6.45) is 2.04. The highest BCUT2D eigenvalue weighted by Crippen LogP contribution is 2.16. The van der Waals surface area contributed by atoms with Crippen molar-refractivity contribution in [1.29, 1.82) is 0 Å². The van der Waals surface area contributed by atoms with Gasteiger partial charge in [0.25, 0.3) is 0 Å². The minimum absolute atomic E-state index is 0.0171. The van der Waals surface area contributed by atoms with E-state index in [0.29, 0.717) is 6.54 Å². The number of rotatable bonds is 4. The zero-order chi connectivity index (χ0) is 12.1. The summed E-state index contributed by atoms with van der Waals surface area (Å²) in [4.78, 5) is 13.8. The van der Waals surface area contributed by atoms with Crippen molar-refractivity contribution in [3.05, 3.63) is 30.3 Å². The second kappa shape index (κ2) is 5.80. The van der Waals surface area contributed by atoms with E-state index in [1.165, 1.54) is 0 Å². The molecule has 1 aromatic rings. The third-order valence-corrected chi connectivity index (χ3v) is 3.11. The summed E-state index contributed by atoms with van der Waals surface area (Å²) in [5.41, 5.74) is 0.817. The first kappa shape index (κ1) is 12.1. The van der Waals surface area contributed by atoms with Crippen LogP contribution in [0.5, 0.6) is 0 Å². The van der Waals surface area contributed by atoms with Gasteiger partial charge in [0.15, 0.2) is 0 Å². The fourth-order valence-electron chi connectivity index (χ4n) is 2.22. The minimum Gasteiger partial charge on any atom is -0.395 e. The van der Waals surface area contributed by atoms with Gasteiger partial charge in [0.05, 0.1) is 13.2 Å². The van der Waals surface area contributed by atoms with Crippen LogP contribution in [0.1, 0.15) is 12.8 Å². The summed E-state index contributed by atoms with van der Waals surface area (Å²) in [5.74, 6) is -0.0171. The third-order valence-electron chi connectivity index (χ3n) is 3.11. The topological polar surface area (TPSA) is 52.6 Å². The smallest absolute Gasteiger partial charge is 0.238 e. The number of nitrogens with one attached hydrogen (secondary N) is 1. The van der Waals surface area contributed by atoms with Crippen molar-refractivity contribution in [2.75, 3.05) is 25.0 Å². The molecule has 0 unspecified atom stereocenters. The molecule has 0 radical (unpaired) electrons. The summed E-state index contributed by atoms with van der Waals surface area (Å²) in [5, 5.41) is 12.0. The van der Waals surface area contributed by atoms with Gasteiger partial charge in [-0.05, 0) is 31.5 Å². The number of benzene rings is 1. The van der Waals surface area contributed by atoms with Crippen LogP contribution < -0.4 is 5.32 Å². The lowest BCUT2D eigenvalue weighted by Gasteiger charge is -2.21. The Bertz CT molecular complexity index is 367. The van der Waals surface area contributed by atoms with Crippen LogP contribution in [-0.2, 0) is 4.79 Å². The molecule has 1 amide bonds. The molecule has 0 spiro atoms. The maximum absolute atomic E-state index is 11.8. The molecule has 1 aliphatic heterocycles. The molecule has 1 fully saturated rings. The largest absolute Gasteiger partial charge is 0.395 e. The molecule has 1 aromatic carbocycles. The van der Waals surface area contributed by atoms with Gasteiger partial charge in [0, 0.05) is 11.7 Å². The molecule has 2 N–H and O–H groups in total. The quantitative estimate of drug-likeness (QED) is 0.819. The summed E-state index contributed by atoms with van der Waals surface area (Å²) in [6.45, 7) is 1.40. The molecular formula is C13H18N2O2. The lowest BCUT2D eigenvalue weighted by molar-refractivity contribution is -0.117. The van der Waals surface area contributed by atoms with Crippen LogP contribution in [0.3, 0.4) is 0 Å². The summed E-state index contributed by atoms with van der Waals surface area (Å²) < 4.78 is 0. The molecule has 1 atom stereocenters. The van der Waals surface area contributed by atoms with E-state index in [9.17, 15) is 4.79 Å². The van der Waals surface area contributed by atoms with E-state index in [1.54, 1.807) is 0 Å². The van der Waals surface area contributed by atoms with Gasteiger partial charge in [0.1, 0.15) is 0 Å². The van der Waals surface area contributed by atoms with Gasteiger partial charge in [-0.2, -0.15) is 0 Å². The molecule has 0 aliphatic carbocycles. The lowest BCUT2D eigenvalue weighted by Crippen LogP contribution is -2.38. The van der Waals surface area contributed by atoms with Crippen LogP contribution in [0.2, 0.25) is 0 Å². The first-order valence-corrected chi connectivity index (χ1v) is 5.99. The van der Waals surface area contributed by atoms with Crippen molar-refractivity contribution in [3.63, 3.8) is 0 Å². The van der Waals surface area contributed by atoms with E-state index in [-0.39, 0.29) is 18.6 Å². The Morgan fingerprint density at radius 3 is 2.88 bits per heavy atom. The van der Waals surface area contributed by atoms with E-state index in [2.05, 4.69) is 5.32 Å². The number of amides is 1. The average molecular weight is 234 g/mol. The van der Waals surface area contributed by atoms with Crippen LogP contribution in [0.25, 0.3) is 0 Å². The second-order valence-corrected chi connectivity index (χ2v) is 4.36. The fourth-order valence-corrected chi connectivity index (χ4v) is 2.22. The van der Waals surface area contributed by atoms with Gasteiger partial charge in [-0.3, -0.25) is 9.69 Å². The van der Waals surface area contributed by atoms with E-state index in [0.717, 1.165) is 25.1 Å². The molecule has 17 heavy (non-hydrogen) atoms. The third kappa shape index (κ3) is 3.28. The molecule has 0 bridgehead atoms. The number of aliphatic hydroxyl groups is 1. The zero-order valence-corrected chi connectivity index (χ0v) is 9.80. The molecule has 1 aliphatic rings. The molecule has 1 heterocycles. The number of aliphatic hydroxyl groups excluding tert-OH is 1. The van der Waals surface area contributed by atoms with Gasteiger partial charge in [-0.15, -0.1) is 0 Å². The highest BCUT2D eigenvalue weighted by Gasteiger charge is 2.25. The molecule has 0 aromatic heterocycles. The van der Waals surface area contributed by atoms with Crippen molar-refractivity contribution >= 4 is 11.6 Å². The molecule has 0 saturated carbocycles. The van der Waals surface area contributed by atoms with E-state index >= 15 is 0 Å². The van der Waals surface area contributed by atoms with Crippen LogP contribution in [0.15, 0.2) is 30.3 Å². The minimum atomic E-state index is -0.0171. The highest BCUT2D eigenvalue weighted by atomic mass is 16.3. The number of hydrogen-bond acceptors (Lipinski definition) is 3.